The van der Waals surface area contributed by atoms with Crippen molar-refractivity contribution in [3.05, 3.63) is 12.7 Å². The topological polar surface area (TPSA) is 15.3 Å². The molecular weight excluding hydrogens is 244 g/mol. The summed E-state index contributed by atoms with van der Waals surface area (Å²) in [5, 5.41) is 3.87. The van der Waals surface area contributed by atoms with E-state index in [9.17, 15) is 0 Å². The molecule has 1 atom stereocenters. The van der Waals surface area contributed by atoms with E-state index < -0.39 is 0 Å². The Morgan fingerprint density at radius 1 is 1.20 bits per heavy atom. The van der Waals surface area contributed by atoms with E-state index in [0.717, 1.165) is 13.0 Å². The van der Waals surface area contributed by atoms with Crippen molar-refractivity contribution in [1.82, 2.24) is 10.2 Å². The van der Waals surface area contributed by atoms with Gasteiger partial charge >= 0.3 is 0 Å². The zero-order chi connectivity index (χ0) is 14.8. The Morgan fingerprint density at radius 3 is 2.35 bits per heavy atom. The van der Waals surface area contributed by atoms with Crippen molar-refractivity contribution in [1.29, 1.82) is 0 Å². The summed E-state index contributed by atoms with van der Waals surface area (Å²) >= 11 is 0. The fourth-order valence-corrected chi connectivity index (χ4v) is 3.92. The van der Waals surface area contributed by atoms with Crippen molar-refractivity contribution in [2.24, 2.45) is 0 Å². The second-order valence-corrected chi connectivity index (χ2v) is 6.23. The lowest BCUT2D eigenvalue weighted by atomic mass is 9.80. The van der Waals surface area contributed by atoms with Gasteiger partial charge in [0.1, 0.15) is 0 Å². The molecule has 1 aliphatic heterocycles. The molecule has 1 N–H and O–H groups in total. The van der Waals surface area contributed by atoms with E-state index in [4.69, 9.17) is 0 Å². The first-order valence-corrected chi connectivity index (χ1v) is 8.84. The van der Waals surface area contributed by atoms with Gasteiger partial charge in [0.05, 0.1) is 0 Å². The van der Waals surface area contributed by atoms with Crippen LogP contribution >= 0.6 is 0 Å². The summed E-state index contributed by atoms with van der Waals surface area (Å²) in [6, 6.07) is 0.635. The Bertz CT molecular complexity index is 252. The van der Waals surface area contributed by atoms with Crippen molar-refractivity contribution in [3.8, 4) is 0 Å². The van der Waals surface area contributed by atoms with Crippen molar-refractivity contribution >= 4 is 0 Å². The van der Waals surface area contributed by atoms with Crippen LogP contribution in [0.5, 0.6) is 0 Å². The summed E-state index contributed by atoms with van der Waals surface area (Å²) in [5.41, 5.74) is 0.368. The second-order valence-electron chi connectivity index (χ2n) is 6.23. The summed E-state index contributed by atoms with van der Waals surface area (Å²) in [6.07, 6.45) is 12.3. The van der Waals surface area contributed by atoms with Gasteiger partial charge in [-0.3, -0.25) is 4.90 Å². The molecule has 0 aliphatic carbocycles. The Balaban J connectivity index is 2.80. The molecule has 1 fully saturated rings. The highest BCUT2D eigenvalue weighted by atomic mass is 15.2. The van der Waals surface area contributed by atoms with E-state index in [1.807, 2.05) is 0 Å². The van der Waals surface area contributed by atoms with Gasteiger partial charge in [0, 0.05) is 11.6 Å². The molecule has 1 heterocycles. The molecule has 0 amide bonds. The van der Waals surface area contributed by atoms with Gasteiger partial charge in [0.15, 0.2) is 0 Å². The zero-order valence-electron chi connectivity index (χ0n) is 14.1. The van der Waals surface area contributed by atoms with Crippen LogP contribution in [0.2, 0.25) is 0 Å². The van der Waals surface area contributed by atoms with Crippen LogP contribution in [0.15, 0.2) is 12.7 Å². The molecule has 1 saturated heterocycles. The zero-order valence-corrected chi connectivity index (χ0v) is 14.1. The Hall–Kier alpha value is -0.340. The Morgan fingerprint density at radius 2 is 1.85 bits per heavy atom. The average molecular weight is 280 g/mol. The highest BCUT2D eigenvalue weighted by Gasteiger charge is 2.41. The van der Waals surface area contributed by atoms with E-state index in [1.165, 1.54) is 58.0 Å². The smallest absolute Gasteiger partial charge is 0.0357 e. The van der Waals surface area contributed by atoms with Crippen LogP contribution in [0.4, 0.5) is 0 Å². The molecule has 0 spiro atoms. The van der Waals surface area contributed by atoms with Crippen LogP contribution < -0.4 is 5.32 Å². The lowest BCUT2D eigenvalue weighted by Gasteiger charge is -2.47. The van der Waals surface area contributed by atoms with Crippen LogP contribution in [-0.2, 0) is 0 Å². The van der Waals surface area contributed by atoms with Crippen molar-refractivity contribution in [3.63, 3.8) is 0 Å². The SMILES string of the molecule is C=CCCCC(NCCC)C(CC)(CC)N1CCCC1. The highest BCUT2D eigenvalue weighted by molar-refractivity contribution is 5.00. The van der Waals surface area contributed by atoms with Gasteiger partial charge in [0.2, 0.25) is 0 Å². The van der Waals surface area contributed by atoms with Gasteiger partial charge in [-0.1, -0.05) is 26.8 Å². The molecule has 2 heteroatoms. The van der Waals surface area contributed by atoms with Gasteiger partial charge in [0.25, 0.3) is 0 Å². The van der Waals surface area contributed by atoms with E-state index in [-0.39, 0.29) is 0 Å². The first-order chi connectivity index (χ1) is 9.75. The second kappa shape index (κ2) is 9.57. The maximum absolute atomic E-state index is 3.87. The third kappa shape index (κ3) is 4.33. The number of nitrogens with zero attached hydrogens (tertiary/aromatic N) is 1. The summed E-state index contributed by atoms with van der Waals surface area (Å²) in [6.45, 7) is 14.7. The van der Waals surface area contributed by atoms with Crippen LogP contribution in [0.3, 0.4) is 0 Å². The summed E-state index contributed by atoms with van der Waals surface area (Å²) < 4.78 is 0. The van der Waals surface area contributed by atoms with Crippen molar-refractivity contribution < 1.29 is 0 Å². The van der Waals surface area contributed by atoms with Gasteiger partial charge in [-0.15, -0.1) is 6.58 Å². The molecular formula is C18H36N2. The fourth-order valence-electron chi connectivity index (χ4n) is 3.92. The molecule has 0 aromatic heterocycles. The summed E-state index contributed by atoms with van der Waals surface area (Å²) in [4.78, 5) is 2.79. The first kappa shape index (κ1) is 17.7. The van der Waals surface area contributed by atoms with Gasteiger partial charge in [-0.2, -0.15) is 0 Å². The van der Waals surface area contributed by atoms with E-state index in [1.54, 1.807) is 0 Å². The largest absolute Gasteiger partial charge is 0.312 e. The first-order valence-electron chi connectivity index (χ1n) is 8.84. The van der Waals surface area contributed by atoms with Crippen LogP contribution in [0, 0.1) is 0 Å². The maximum atomic E-state index is 3.87. The highest BCUT2D eigenvalue weighted by Crippen LogP contribution is 2.33. The standard InChI is InChI=1S/C18H36N2/c1-5-9-10-13-17(19-14-6-2)18(7-3,8-4)20-15-11-12-16-20/h5,17,19H,1,6-16H2,2-4H3. The fraction of sp³-hybridized carbons (Fsp3) is 0.889. The Kier molecular flexibility index (Phi) is 8.47. The van der Waals surface area contributed by atoms with Crippen LogP contribution in [0.1, 0.15) is 72.1 Å². The quantitative estimate of drug-likeness (QED) is 0.447. The average Bonchev–Trinajstić information content (AvgIpc) is 3.00. The number of likely N-dealkylation sites (tertiary alicyclic amines) is 1. The van der Waals surface area contributed by atoms with Crippen LogP contribution in [-0.4, -0.2) is 36.1 Å². The molecule has 0 saturated carbocycles. The normalized spacial score (nSPS) is 18.4. The Labute approximate surface area is 127 Å². The number of allylic oxidation sites excluding steroid dienone is 1. The third-order valence-corrected chi connectivity index (χ3v) is 5.15. The number of hydrogen-bond donors (Lipinski definition) is 1. The summed E-state index contributed by atoms with van der Waals surface area (Å²) in [5.74, 6) is 0. The van der Waals surface area contributed by atoms with E-state index in [0.29, 0.717) is 11.6 Å². The van der Waals surface area contributed by atoms with Crippen LogP contribution in [0.25, 0.3) is 0 Å². The molecule has 1 rings (SSSR count). The number of unbranched alkanes of at least 4 members (excludes halogenated alkanes) is 1. The minimum absolute atomic E-state index is 0.368. The minimum Gasteiger partial charge on any atom is -0.312 e. The lowest BCUT2D eigenvalue weighted by Crippen LogP contribution is -2.60. The number of nitrogens with one attached hydrogen (secondary N) is 1. The molecule has 0 radical (unpaired) electrons. The predicted molar refractivity (Wildman–Crippen MR) is 90.2 cm³/mol. The molecule has 2 nitrogen and oxygen atoms in total. The molecule has 1 aliphatic rings. The van der Waals surface area contributed by atoms with E-state index in [2.05, 4.69) is 43.6 Å². The number of hydrogen-bond acceptors (Lipinski definition) is 2. The molecule has 0 bridgehead atoms. The van der Waals surface area contributed by atoms with Crippen molar-refractivity contribution in [2.45, 2.75) is 83.7 Å². The minimum atomic E-state index is 0.368. The van der Waals surface area contributed by atoms with E-state index >= 15 is 0 Å². The summed E-state index contributed by atoms with van der Waals surface area (Å²) in [7, 11) is 0. The predicted octanol–water partition coefficient (Wildman–Crippen LogP) is 4.37. The molecule has 0 aromatic rings. The number of rotatable bonds is 11. The monoisotopic (exact) mass is 280 g/mol. The molecule has 0 aromatic carbocycles. The van der Waals surface area contributed by atoms with Gasteiger partial charge < -0.3 is 5.32 Å². The van der Waals surface area contributed by atoms with Crippen molar-refractivity contribution in [2.75, 3.05) is 19.6 Å². The molecule has 20 heavy (non-hydrogen) atoms. The molecule has 1 unspecified atom stereocenters. The maximum Gasteiger partial charge on any atom is 0.0357 e. The lowest BCUT2D eigenvalue weighted by molar-refractivity contribution is 0.0579. The molecule has 118 valence electrons. The van der Waals surface area contributed by atoms with Gasteiger partial charge in [-0.25, -0.2) is 0 Å². The van der Waals surface area contributed by atoms with Gasteiger partial charge in [-0.05, 0) is 71.0 Å². The third-order valence-electron chi connectivity index (χ3n) is 5.15.